The molecular formula is C15H21N3O. The highest BCUT2D eigenvalue weighted by Crippen LogP contribution is 2.27. The number of hydrogen-bond donors (Lipinski definition) is 2. The van der Waals surface area contributed by atoms with Crippen LogP contribution in [0.5, 0.6) is 0 Å². The topological polar surface area (TPSA) is 44.4 Å². The van der Waals surface area contributed by atoms with Gasteiger partial charge in [0, 0.05) is 18.8 Å². The molecule has 0 spiro atoms. The third-order valence-electron chi connectivity index (χ3n) is 4.11. The van der Waals surface area contributed by atoms with Gasteiger partial charge in [0.1, 0.15) is 0 Å². The molecule has 102 valence electrons. The highest BCUT2D eigenvalue weighted by atomic mass is 16.2. The first-order valence-corrected chi connectivity index (χ1v) is 7.18. The van der Waals surface area contributed by atoms with E-state index < -0.39 is 0 Å². The molecule has 0 atom stereocenters. The predicted octanol–water partition coefficient (Wildman–Crippen LogP) is 1.76. The van der Waals surface area contributed by atoms with E-state index >= 15 is 0 Å². The fourth-order valence-electron chi connectivity index (χ4n) is 3.05. The quantitative estimate of drug-likeness (QED) is 0.868. The van der Waals surface area contributed by atoms with Crippen molar-refractivity contribution >= 4 is 11.7 Å². The zero-order chi connectivity index (χ0) is 13.1. The van der Waals surface area contributed by atoms with Crippen LogP contribution in [0.15, 0.2) is 24.3 Å². The van der Waals surface area contributed by atoms with Gasteiger partial charge in [-0.15, -0.1) is 0 Å². The molecule has 0 aromatic heterocycles. The monoisotopic (exact) mass is 259 g/mol. The number of piperidine rings is 1. The summed E-state index contributed by atoms with van der Waals surface area (Å²) in [6.45, 7) is 3.77. The SMILES string of the molecule is O=C1NCCN1c1ccccc1CC1CCNCC1. The first-order chi connectivity index (χ1) is 9.34. The molecule has 0 unspecified atom stereocenters. The van der Waals surface area contributed by atoms with Crippen LogP contribution in [0.2, 0.25) is 0 Å². The molecule has 2 aliphatic heterocycles. The molecule has 0 radical (unpaired) electrons. The van der Waals surface area contributed by atoms with Gasteiger partial charge < -0.3 is 10.6 Å². The molecule has 0 aliphatic carbocycles. The van der Waals surface area contributed by atoms with Crippen LogP contribution >= 0.6 is 0 Å². The van der Waals surface area contributed by atoms with Gasteiger partial charge in [-0.1, -0.05) is 18.2 Å². The van der Waals surface area contributed by atoms with E-state index in [0.29, 0.717) is 0 Å². The lowest BCUT2D eigenvalue weighted by Gasteiger charge is -2.25. The van der Waals surface area contributed by atoms with Gasteiger partial charge in [-0.25, -0.2) is 4.79 Å². The number of nitrogens with zero attached hydrogens (tertiary/aromatic N) is 1. The minimum Gasteiger partial charge on any atom is -0.336 e. The fraction of sp³-hybridized carbons (Fsp3) is 0.533. The van der Waals surface area contributed by atoms with Crippen LogP contribution in [0.4, 0.5) is 10.5 Å². The van der Waals surface area contributed by atoms with Crippen LogP contribution in [0, 0.1) is 5.92 Å². The molecule has 2 aliphatic rings. The number of carbonyl (C=O) groups is 1. The Morgan fingerprint density at radius 3 is 2.68 bits per heavy atom. The Balaban J connectivity index is 1.78. The van der Waals surface area contributed by atoms with Crippen LogP contribution < -0.4 is 15.5 Å². The van der Waals surface area contributed by atoms with Crippen molar-refractivity contribution in [1.29, 1.82) is 0 Å². The molecule has 1 aromatic carbocycles. The number of amides is 2. The largest absolute Gasteiger partial charge is 0.336 e. The number of anilines is 1. The lowest BCUT2D eigenvalue weighted by molar-refractivity contribution is 0.252. The molecular weight excluding hydrogens is 238 g/mol. The average molecular weight is 259 g/mol. The summed E-state index contributed by atoms with van der Waals surface area (Å²) in [6, 6.07) is 8.38. The molecule has 0 saturated carbocycles. The van der Waals surface area contributed by atoms with Crippen molar-refractivity contribution in [3.63, 3.8) is 0 Å². The van der Waals surface area contributed by atoms with Crippen molar-refractivity contribution in [2.75, 3.05) is 31.1 Å². The minimum absolute atomic E-state index is 0.0396. The fourth-order valence-corrected chi connectivity index (χ4v) is 3.05. The number of urea groups is 1. The van der Waals surface area contributed by atoms with Crippen molar-refractivity contribution in [1.82, 2.24) is 10.6 Å². The van der Waals surface area contributed by atoms with Crippen LogP contribution in [0.25, 0.3) is 0 Å². The van der Waals surface area contributed by atoms with Crippen LogP contribution in [-0.4, -0.2) is 32.2 Å². The van der Waals surface area contributed by atoms with E-state index in [9.17, 15) is 4.79 Å². The summed E-state index contributed by atoms with van der Waals surface area (Å²) in [5, 5.41) is 6.28. The first kappa shape index (κ1) is 12.5. The van der Waals surface area contributed by atoms with Gasteiger partial charge in [-0.2, -0.15) is 0 Å². The van der Waals surface area contributed by atoms with Crippen LogP contribution in [-0.2, 0) is 6.42 Å². The Kier molecular flexibility index (Phi) is 3.69. The summed E-state index contributed by atoms with van der Waals surface area (Å²) in [6.07, 6.45) is 3.56. The van der Waals surface area contributed by atoms with Gasteiger partial charge >= 0.3 is 6.03 Å². The number of hydrogen-bond acceptors (Lipinski definition) is 2. The summed E-state index contributed by atoms with van der Waals surface area (Å²) in [5.41, 5.74) is 2.41. The van der Waals surface area contributed by atoms with Crippen molar-refractivity contribution in [2.24, 2.45) is 5.92 Å². The molecule has 1 aromatic rings. The van der Waals surface area contributed by atoms with E-state index in [4.69, 9.17) is 0 Å². The maximum Gasteiger partial charge on any atom is 0.322 e. The van der Waals surface area contributed by atoms with Gasteiger partial charge in [-0.3, -0.25) is 4.90 Å². The number of para-hydroxylation sites is 1. The third-order valence-corrected chi connectivity index (χ3v) is 4.11. The van der Waals surface area contributed by atoms with E-state index in [1.807, 2.05) is 11.0 Å². The average Bonchev–Trinajstić information content (AvgIpc) is 2.87. The smallest absolute Gasteiger partial charge is 0.322 e. The molecule has 4 heteroatoms. The second-order valence-electron chi connectivity index (χ2n) is 5.41. The number of rotatable bonds is 3. The molecule has 3 rings (SSSR count). The molecule has 2 fully saturated rings. The Labute approximate surface area is 114 Å². The van der Waals surface area contributed by atoms with Gasteiger partial charge in [0.25, 0.3) is 0 Å². The second-order valence-corrected chi connectivity index (χ2v) is 5.41. The predicted molar refractivity (Wildman–Crippen MR) is 76.5 cm³/mol. The normalized spacial score (nSPS) is 20.6. The molecule has 2 heterocycles. The number of nitrogens with one attached hydrogen (secondary N) is 2. The van der Waals surface area contributed by atoms with E-state index in [0.717, 1.165) is 44.2 Å². The number of carbonyl (C=O) groups excluding carboxylic acids is 1. The minimum atomic E-state index is 0.0396. The van der Waals surface area contributed by atoms with Crippen LogP contribution in [0.3, 0.4) is 0 Å². The van der Waals surface area contributed by atoms with Gasteiger partial charge in [-0.05, 0) is 49.9 Å². The molecule has 0 bridgehead atoms. The summed E-state index contributed by atoms with van der Waals surface area (Å²) >= 11 is 0. The van der Waals surface area contributed by atoms with Crippen LogP contribution in [0.1, 0.15) is 18.4 Å². The maximum absolute atomic E-state index is 11.8. The summed E-state index contributed by atoms with van der Waals surface area (Å²) in [7, 11) is 0. The summed E-state index contributed by atoms with van der Waals surface area (Å²) in [4.78, 5) is 13.7. The number of benzene rings is 1. The zero-order valence-corrected chi connectivity index (χ0v) is 11.2. The Bertz CT molecular complexity index is 454. The zero-order valence-electron chi connectivity index (χ0n) is 11.2. The third kappa shape index (κ3) is 2.73. The van der Waals surface area contributed by atoms with Crippen molar-refractivity contribution in [3.8, 4) is 0 Å². The highest BCUT2D eigenvalue weighted by Gasteiger charge is 2.24. The van der Waals surface area contributed by atoms with Gasteiger partial charge in [0.15, 0.2) is 0 Å². The Morgan fingerprint density at radius 1 is 1.16 bits per heavy atom. The second kappa shape index (κ2) is 5.61. The molecule has 2 amide bonds. The lowest BCUT2D eigenvalue weighted by atomic mass is 9.90. The molecule has 19 heavy (non-hydrogen) atoms. The van der Waals surface area contributed by atoms with E-state index in [2.05, 4.69) is 28.8 Å². The van der Waals surface area contributed by atoms with E-state index in [-0.39, 0.29) is 6.03 Å². The lowest BCUT2D eigenvalue weighted by Crippen LogP contribution is -2.30. The molecule has 4 nitrogen and oxygen atoms in total. The summed E-state index contributed by atoms with van der Waals surface area (Å²) < 4.78 is 0. The standard InChI is InChI=1S/C15H21N3O/c19-15-17-9-10-18(15)14-4-2-1-3-13(14)11-12-5-7-16-8-6-12/h1-4,12,16H,5-11H2,(H,17,19). The van der Waals surface area contributed by atoms with Crippen molar-refractivity contribution < 1.29 is 4.79 Å². The Morgan fingerprint density at radius 2 is 1.95 bits per heavy atom. The highest BCUT2D eigenvalue weighted by molar-refractivity contribution is 5.94. The van der Waals surface area contributed by atoms with Gasteiger partial charge in [0.2, 0.25) is 0 Å². The molecule has 2 saturated heterocycles. The Hall–Kier alpha value is -1.55. The summed E-state index contributed by atoms with van der Waals surface area (Å²) in [5.74, 6) is 0.744. The van der Waals surface area contributed by atoms with Crippen molar-refractivity contribution in [2.45, 2.75) is 19.3 Å². The van der Waals surface area contributed by atoms with E-state index in [1.54, 1.807) is 0 Å². The van der Waals surface area contributed by atoms with E-state index in [1.165, 1.54) is 18.4 Å². The van der Waals surface area contributed by atoms with Gasteiger partial charge in [0.05, 0.1) is 0 Å². The first-order valence-electron chi connectivity index (χ1n) is 7.18. The molecule has 2 N–H and O–H groups in total. The van der Waals surface area contributed by atoms with Crippen molar-refractivity contribution in [3.05, 3.63) is 29.8 Å². The maximum atomic E-state index is 11.8.